The van der Waals surface area contributed by atoms with Gasteiger partial charge in [-0.2, -0.15) is 23.3 Å². The van der Waals surface area contributed by atoms with Crippen LogP contribution in [0, 0.1) is 10.1 Å². The summed E-state index contributed by atoms with van der Waals surface area (Å²) in [6, 6.07) is 4.65. The fourth-order valence-corrected chi connectivity index (χ4v) is 2.25. The third-order valence-electron chi connectivity index (χ3n) is 3.49. The number of carbonyl (C=O) groups is 1. The number of nitro benzene ring substituents is 1. The minimum absolute atomic E-state index is 0.0294. The predicted molar refractivity (Wildman–Crippen MR) is 78.8 cm³/mol. The van der Waals surface area contributed by atoms with Crippen LogP contribution < -0.4 is 4.74 Å². The molecular formula is C14H14F3N3O5. The van der Waals surface area contributed by atoms with E-state index in [0.717, 1.165) is 12.1 Å². The number of amides is 1. The Kier molecular flexibility index (Phi) is 4.71. The van der Waals surface area contributed by atoms with E-state index in [9.17, 15) is 33.2 Å². The SMILES string of the molecule is CC1=NN(C(=O)[C@@H](C)Oc2ccc([N+](=O)[O-])cc2)[C@](O)(C(F)(F)F)C1. The zero-order valence-corrected chi connectivity index (χ0v) is 13.1. The van der Waals surface area contributed by atoms with Gasteiger partial charge in [0.05, 0.1) is 4.92 Å². The van der Waals surface area contributed by atoms with Gasteiger partial charge in [-0.1, -0.05) is 0 Å². The van der Waals surface area contributed by atoms with Crippen molar-refractivity contribution in [2.75, 3.05) is 0 Å². The van der Waals surface area contributed by atoms with Gasteiger partial charge >= 0.3 is 6.18 Å². The Bertz CT molecular complexity index is 719. The van der Waals surface area contributed by atoms with Crippen molar-refractivity contribution in [3.8, 4) is 5.75 Å². The van der Waals surface area contributed by atoms with E-state index in [1.54, 1.807) is 0 Å². The number of carbonyl (C=O) groups excluding carboxylic acids is 1. The number of hydrogen-bond acceptors (Lipinski definition) is 6. The molecule has 1 heterocycles. The maximum Gasteiger partial charge on any atom is 0.438 e. The first-order valence-electron chi connectivity index (χ1n) is 7.04. The molecular weight excluding hydrogens is 347 g/mol. The lowest BCUT2D eigenvalue weighted by Crippen LogP contribution is -2.58. The Morgan fingerprint density at radius 1 is 1.44 bits per heavy atom. The van der Waals surface area contributed by atoms with Crippen LogP contribution in [0.1, 0.15) is 20.3 Å². The molecule has 2 atom stereocenters. The number of alkyl halides is 3. The van der Waals surface area contributed by atoms with Crippen molar-refractivity contribution in [2.45, 2.75) is 38.3 Å². The second kappa shape index (κ2) is 6.31. The van der Waals surface area contributed by atoms with E-state index in [-0.39, 0.29) is 22.2 Å². The van der Waals surface area contributed by atoms with Gasteiger partial charge < -0.3 is 9.84 Å². The van der Waals surface area contributed by atoms with Gasteiger partial charge in [-0.05, 0) is 26.0 Å². The molecule has 136 valence electrons. The molecule has 1 aliphatic rings. The molecule has 2 rings (SSSR count). The van der Waals surface area contributed by atoms with Gasteiger partial charge in [0.2, 0.25) is 0 Å². The van der Waals surface area contributed by atoms with Gasteiger partial charge in [0.1, 0.15) is 5.75 Å². The van der Waals surface area contributed by atoms with Crippen molar-refractivity contribution in [1.82, 2.24) is 5.01 Å². The summed E-state index contributed by atoms with van der Waals surface area (Å²) in [6.45, 7) is 2.44. The topological polar surface area (TPSA) is 105 Å². The number of halogens is 3. The second-order valence-corrected chi connectivity index (χ2v) is 5.49. The van der Waals surface area contributed by atoms with E-state index in [1.807, 2.05) is 0 Å². The van der Waals surface area contributed by atoms with Gasteiger partial charge in [0.15, 0.2) is 6.10 Å². The molecule has 0 aliphatic carbocycles. The monoisotopic (exact) mass is 361 g/mol. The fraction of sp³-hybridized carbons (Fsp3) is 0.429. The van der Waals surface area contributed by atoms with Crippen molar-refractivity contribution < 1.29 is 32.7 Å². The molecule has 0 fully saturated rings. The zero-order chi connectivity index (χ0) is 19.0. The molecule has 1 aromatic rings. The molecule has 0 saturated heterocycles. The van der Waals surface area contributed by atoms with Gasteiger partial charge in [-0.3, -0.25) is 14.9 Å². The smallest absolute Gasteiger partial charge is 0.438 e. The number of hydrazone groups is 1. The molecule has 1 N–H and O–H groups in total. The average Bonchev–Trinajstić information content (AvgIpc) is 2.82. The number of nitrogens with zero attached hydrogens (tertiary/aromatic N) is 3. The van der Waals surface area contributed by atoms with Crippen molar-refractivity contribution in [3.63, 3.8) is 0 Å². The molecule has 0 aromatic heterocycles. The van der Waals surface area contributed by atoms with Crippen LogP contribution in [-0.2, 0) is 4.79 Å². The summed E-state index contributed by atoms with van der Waals surface area (Å²) in [5, 5.41) is 23.9. The summed E-state index contributed by atoms with van der Waals surface area (Å²) in [5.41, 5.74) is -3.70. The number of ether oxygens (including phenoxy) is 1. The van der Waals surface area contributed by atoms with Crippen molar-refractivity contribution in [2.24, 2.45) is 5.10 Å². The highest BCUT2D eigenvalue weighted by Crippen LogP contribution is 2.40. The first kappa shape index (κ1) is 18.6. The number of hydrogen-bond donors (Lipinski definition) is 1. The van der Waals surface area contributed by atoms with E-state index in [4.69, 9.17) is 4.74 Å². The van der Waals surface area contributed by atoms with Gasteiger partial charge in [-0.15, -0.1) is 0 Å². The van der Waals surface area contributed by atoms with Crippen LogP contribution in [0.3, 0.4) is 0 Å². The van der Waals surface area contributed by atoms with Crippen LogP contribution in [0.2, 0.25) is 0 Å². The minimum Gasteiger partial charge on any atom is -0.481 e. The van der Waals surface area contributed by atoms with E-state index in [1.165, 1.54) is 26.0 Å². The molecule has 0 unspecified atom stereocenters. The number of benzene rings is 1. The molecule has 1 aromatic carbocycles. The van der Waals surface area contributed by atoms with E-state index < -0.39 is 35.3 Å². The third kappa shape index (κ3) is 3.55. The molecule has 25 heavy (non-hydrogen) atoms. The van der Waals surface area contributed by atoms with Crippen LogP contribution in [0.4, 0.5) is 18.9 Å². The molecule has 0 bridgehead atoms. The van der Waals surface area contributed by atoms with Gasteiger partial charge in [0.25, 0.3) is 17.3 Å². The van der Waals surface area contributed by atoms with Crippen LogP contribution >= 0.6 is 0 Å². The number of non-ortho nitro benzene ring substituents is 1. The summed E-state index contributed by atoms with van der Waals surface area (Å²) in [5.74, 6) is -1.16. The standard InChI is InChI=1S/C14H14F3N3O5/c1-8-7-13(22,14(15,16)17)19(18-8)12(21)9(2)25-11-5-3-10(4-6-11)20(23)24/h3-6,9,22H,7H2,1-2H3/t9-,13-/m1/s1. The maximum atomic E-state index is 13.1. The molecule has 0 radical (unpaired) electrons. The van der Waals surface area contributed by atoms with Gasteiger partial charge in [-0.25, -0.2) is 0 Å². The molecule has 8 nitrogen and oxygen atoms in total. The number of rotatable bonds is 4. The highest BCUT2D eigenvalue weighted by atomic mass is 19.4. The Labute approximate surface area is 139 Å². The fourth-order valence-electron chi connectivity index (χ4n) is 2.25. The normalized spacial score (nSPS) is 21.7. The highest BCUT2D eigenvalue weighted by Gasteiger charge is 2.63. The summed E-state index contributed by atoms with van der Waals surface area (Å²) >= 11 is 0. The summed E-state index contributed by atoms with van der Waals surface area (Å²) in [6.07, 6.45) is -7.37. The number of aliphatic hydroxyl groups is 1. The Morgan fingerprint density at radius 3 is 2.48 bits per heavy atom. The lowest BCUT2D eigenvalue weighted by Gasteiger charge is -2.33. The average molecular weight is 361 g/mol. The minimum atomic E-state index is -5.10. The molecule has 1 amide bonds. The molecule has 11 heteroatoms. The molecule has 0 saturated carbocycles. The second-order valence-electron chi connectivity index (χ2n) is 5.49. The quantitative estimate of drug-likeness (QED) is 0.654. The molecule has 0 spiro atoms. The predicted octanol–water partition coefficient (Wildman–Crippen LogP) is 2.22. The van der Waals surface area contributed by atoms with Gasteiger partial charge in [0, 0.05) is 24.3 Å². The van der Waals surface area contributed by atoms with Crippen LogP contribution in [-0.4, -0.2) is 44.7 Å². The van der Waals surface area contributed by atoms with Crippen LogP contribution in [0.25, 0.3) is 0 Å². The highest BCUT2D eigenvalue weighted by molar-refractivity contribution is 5.90. The van der Waals surface area contributed by atoms with E-state index in [0.29, 0.717) is 0 Å². The van der Waals surface area contributed by atoms with Crippen molar-refractivity contribution in [1.29, 1.82) is 0 Å². The van der Waals surface area contributed by atoms with Crippen molar-refractivity contribution >= 4 is 17.3 Å². The Balaban J connectivity index is 2.17. The van der Waals surface area contributed by atoms with Crippen LogP contribution in [0.15, 0.2) is 29.4 Å². The van der Waals surface area contributed by atoms with Crippen LogP contribution in [0.5, 0.6) is 5.75 Å². The lowest BCUT2D eigenvalue weighted by atomic mass is 10.1. The number of nitro groups is 1. The first-order chi connectivity index (χ1) is 11.5. The molecule has 1 aliphatic heterocycles. The Morgan fingerprint density at radius 2 is 2.00 bits per heavy atom. The summed E-state index contributed by atoms with van der Waals surface area (Å²) in [7, 11) is 0. The first-order valence-corrected chi connectivity index (χ1v) is 7.04. The lowest BCUT2D eigenvalue weighted by molar-refractivity contribution is -0.384. The largest absolute Gasteiger partial charge is 0.481 e. The van der Waals surface area contributed by atoms with Crippen molar-refractivity contribution in [3.05, 3.63) is 34.4 Å². The van der Waals surface area contributed by atoms with E-state index >= 15 is 0 Å². The third-order valence-corrected chi connectivity index (χ3v) is 3.49. The summed E-state index contributed by atoms with van der Waals surface area (Å²) in [4.78, 5) is 22.2. The van der Waals surface area contributed by atoms with E-state index in [2.05, 4.69) is 5.10 Å². The summed E-state index contributed by atoms with van der Waals surface area (Å²) < 4.78 is 44.6. The zero-order valence-electron chi connectivity index (χ0n) is 13.1. The maximum absolute atomic E-state index is 13.1. The Hall–Kier alpha value is -2.69.